The van der Waals surface area contributed by atoms with Gasteiger partial charge in [0.2, 0.25) is 9.84 Å². The van der Waals surface area contributed by atoms with Crippen LogP contribution in [0.3, 0.4) is 0 Å². The predicted octanol–water partition coefficient (Wildman–Crippen LogP) is 2.78. The molecule has 0 aliphatic heterocycles. The fraction of sp³-hybridized carbons (Fsp3) is 0.0833. The zero-order valence-corrected chi connectivity index (χ0v) is 10.7. The summed E-state index contributed by atoms with van der Waals surface area (Å²) >= 11 is 1.01. The molecule has 0 spiro atoms. The van der Waals surface area contributed by atoms with Gasteiger partial charge in [0.15, 0.2) is 5.78 Å². The van der Waals surface area contributed by atoms with E-state index in [0.29, 0.717) is 4.88 Å². The minimum Gasteiger partial charge on any atom is -0.294 e. The molecule has 3 nitrogen and oxygen atoms in total. The standard InChI is InChI=1S/C12H10O3S2/c1-9(13)11-7-8-12(16-11)17(14,15)10-5-3-2-4-6-10/h2-8H,1H3. The lowest BCUT2D eigenvalue weighted by molar-refractivity contribution is 0.102. The van der Waals surface area contributed by atoms with Gasteiger partial charge in [0.05, 0.1) is 9.77 Å². The predicted molar refractivity (Wildman–Crippen MR) is 66.2 cm³/mol. The summed E-state index contributed by atoms with van der Waals surface area (Å²) in [7, 11) is -3.49. The van der Waals surface area contributed by atoms with Gasteiger partial charge in [-0.1, -0.05) is 18.2 Å². The van der Waals surface area contributed by atoms with Crippen molar-refractivity contribution in [2.24, 2.45) is 0 Å². The summed E-state index contributed by atoms with van der Waals surface area (Å²) < 4.78 is 24.5. The van der Waals surface area contributed by atoms with Crippen LogP contribution in [0.1, 0.15) is 16.6 Å². The van der Waals surface area contributed by atoms with Crippen molar-refractivity contribution in [3.05, 3.63) is 47.3 Å². The second-order valence-corrected chi connectivity index (χ2v) is 6.75. The lowest BCUT2D eigenvalue weighted by Crippen LogP contribution is -1.98. The Balaban J connectivity index is 2.49. The first-order chi connectivity index (χ1) is 8.01. The minimum atomic E-state index is -3.49. The van der Waals surface area contributed by atoms with Crippen molar-refractivity contribution in [1.29, 1.82) is 0 Å². The fourth-order valence-corrected chi connectivity index (χ4v) is 3.99. The van der Waals surface area contributed by atoms with E-state index >= 15 is 0 Å². The molecule has 2 aromatic rings. The van der Waals surface area contributed by atoms with E-state index in [4.69, 9.17) is 0 Å². The van der Waals surface area contributed by atoms with Crippen LogP contribution in [0.15, 0.2) is 51.6 Å². The molecule has 0 N–H and O–H groups in total. The van der Waals surface area contributed by atoms with Gasteiger partial charge in [-0.3, -0.25) is 4.79 Å². The highest BCUT2D eigenvalue weighted by molar-refractivity contribution is 7.93. The zero-order valence-electron chi connectivity index (χ0n) is 9.08. The highest BCUT2D eigenvalue weighted by Gasteiger charge is 2.20. The first-order valence-electron chi connectivity index (χ1n) is 4.93. The van der Waals surface area contributed by atoms with Crippen molar-refractivity contribution >= 4 is 27.0 Å². The maximum atomic E-state index is 12.2. The number of rotatable bonds is 3. The van der Waals surface area contributed by atoms with E-state index in [1.807, 2.05) is 0 Å². The molecule has 5 heteroatoms. The van der Waals surface area contributed by atoms with Gasteiger partial charge >= 0.3 is 0 Å². The molecule has 0 saturated carbocycles. The number of sulfone groups is 1. The van der Waals surface area contributed by atoms with E-state index in [0.717, 1.165) is 11.3 Å². The fourth-order valence-electron chi connectivity index (χ4n) is 1.37. The number of hydrogen-bond acceptors (Lipinski definition) is 4. The normalized spacial score (nSPS) is 11.4. The van der Waals surface area contributed by atoms with E-state index in [9.17, 15) is 13.2 Å². The molecule has 17 heavy (non-hydrogen) atoms. The van der Waals surface area contributed by atoms with Gasteiger partial charge in [-0.15, -0.1) is 11.3 Å². The Morgan fingerprint density at radius 2 is 1.71 bits per heavy atom. The average molecular weight is 266 g/mol. The zero-order chi connectivity index (χ0) is 12.5. The molecule has 1 aromatic carbocycles. The third kappa shape index (κ3) is 2.30. The van der Waals surface area contributed by atoms with Gasteiger partial charge in [0.1, 0.15) is 4.21 Å². The van der Waals surface area contributed by atoms with Gasteiger partial charge in [0.25, 0.3) is 0 Å². The molecule has 1 heterocycles. The Kier molecular flexibility index (Phi) is 3.13. The van der Waals surface area contributed by atoms with Crippen molar-refractivity contribution in [1.82, 2.24) is 0 Å². The maximum absolute atomic E-state index is 12.2. The van der Waals surface area contributed by atoms with Crippen LogP contribution in [0.25, 0.3) is 0 Å². The van der Waals surface area contributed by atoms with Crippen LogP contribution in [0.5, 0.6) is 0 Å². The number of Topliss-reactive ketones (excluding diaryl/α,β-unsaturated/α-hetero) is 1. The van der Waals surface area contributed by atoms with Gasteiger partial charge < -0.3 is 0 Å². The number of thiophene rings is 1. The Morgan fingerprint density at radius 1 is 1.06 bits per heavy atom. The Bertz CT molecular complexity index is 639. The molecule has 0 amide bonds. The van der Waals surface area contributed by atoms with Gasteiger partial charge in [-0.05, 0) is 31.2 Å². The van der Waals surface area contributed by atoms with Gasteiger partial charge in [-0.25, -0.2) is 8.42 Å². The summed E-state index contributed by atoms with van der Waals surface area (Å²) in [5.74, 6) is -0.121. The van der Waals surface area contributed by atoms with E-state index in [-0.39, 0.29) is 14.9 Å². The molecule has 0 radical (unpaired) electrons. The molecule has 1 aromatic heterocycles. The van der Waals surface area contributed by atoms with Crippen molar-refractivity contribution in [3.63, 3.8) is 0 Å². The number of ketones is 1. The van der Waals surface area contributed by atoms with E-state index in [1.165, 1.54) is 13.0 Å². The summed E-state index contributed by atoms with van der Waals surface area (Å²) in [5.41, 5.74) is 0. The maximum Gasteiger partial charge on any atom is 0.215 e. The average Bonchev–Trinajstić information content (AvgIpc) is 2.80. The number of hydrogen-bond donors (Lipinski definition) is 0. The van der Waals surface area contributed by atoms with E-state index in [1.54, 1.807) is 36.4 Å². The Labute approximate surface area is 104 Å². The van der Waals surface area contributed by atoms with Crippen LogP contribution in [-0.2, 0) is 9.84 Å². The third-order valence-electron chi connectivity index (χ3n) is 2.25. The third-order valence-corrected chi connectivity index (χ3v) is 5.69. The highest BCUT2D eigenvalue weighted by Crippen LogP contribution is 2.27. The van der Waals surface area contributed by atoms with Gasteiger partial charge in [0, 0.05) is 0 Å². The van der Waals surface area contributed by atoms with Crippen LogP contribution in [0.4, 0.5) is 0 Å². The van der Waals surface area contributed by atoms with Crippen LogP contribution < -0.4 is 0 Å². The first-order valence-corrected chi connectivity index (χ1v) is 7.22. The van der Waals surface area contributed by atoms with E-state index < -0.39 is 9.84 Å². The number of benzene rings is 1. The molecule has 0 fully saturated rings. The van der Waals surface area contributed by atoms with Crippen LogP contribution in [0, 0.1) is 0 Å². The highest BCUT2D eigenvalue weighted by atomic mass is 32.2. The molecule has 0 aliphatic rings. The smallest absolute Gasteiger partial charge is 0.215 e. The Morgan fingerprint density at radius 3 is 2.24 bits per heavy atom. The second kappa shape index (κ2) is 4.43. The topological polar surface area (TPSA) is 51.2 Å². The molecule has 0 bridgehead atoms. The largest absolute Gasteiger partial charge is 0.294 e. The van der Waals surface area contributed by atoms with Crippen LogP contribution in [-0.4, -0.2) is 14.2 Å². The van der Waals surface area contributed by atoms with Crippen molar-refractivity contribution < 1.29 is 13.2 Å². The molecule has 0 aliphatic carbocycles. The summed E-state index contributed by atoms with van der Waals surface area (Å²) in [6, 6.07) is 11.2. The van der Waals surface area contributed by atoms with Gasteiger partial charge in [-0.2, -0.15) is 0 Å². The molecular weight excluding hydrogens is 256 g/mol. The molecule has 88 valence electrons. The summed E-state index contributed by atoms with van der Waals surface area (Å²) in [6.45, 7) is 1.42. The molecule has 0 atom stereocenters. The minimum absolute atomic E-state index is 0.121. The SMILES string of the molecule is CC(=O)c1ccc(S(=O)(=O)c2ccccc2)s1. The lowest BCUT2D eigenvalue weighted by atomic mass is 10.4. The van der Waals surface area contributed by atoms with Crippen LogP contribution in [0.2, 0.25) is 0 Å². The summed E-state index contributed by atoms with van der Waals surface area (Å²) in [6.07, 6.45) is 0. The lowest BCUT2D eigenvalue weighted by Gasteiger charge is -2.00. The second-order valence-electron chi connectivity index (χ2n) is 3.49. The molecular formula is C12H10O3S2. The number of carbonyl (C=O) groups excluding carboxylic acids is 1. The number of carbonyl (C=O) groups is 1. The monoisotopic (exact) mass is 266 g/mol. The molecule has 0 unspecified atom stereocenters. The molecule has 0 saturated heterocycles. The summed E-state index contributed by atoms with van der Waals surface area (Å²) in [4.78, 5) is 11.8. The Hall–Kier alpha value is -1.46. The molecule has 2 rings (SSSR count). The summed E-state index contributed by atoms with van der Waals surface area (Å²) in [5, 5.41) is 0. The van der Waals surface area contributed by atoms with E-state index in [2.05, 4.69) is 0 Å². The van der Waals surface area contributed by atoms with Crippen LogP contribution >= 0.6 is 11.3 Å². The van der Waals surface area contributed by atoms with Crippen molar-refractivity contribution in [2.75, 3.05) is 0 Å². The van der Waals surface area contributed by atoms with Crippen molar-refractivity contribution in [2.45, 2.75) is 16.0 Å². The van der Waals surface area contributed by atoms with Crippen molar-refractivity contribution in [3.8, 4) is 0 Å². The first kappa shape index (κ1) is 12.0. The quantitative estimate of drug-likeness (QED) is 0.803.